The van der Waals surface area contributed by atoms with Gasteiger partial charge in [-0.05, 0) is 44.0 Å². The van der Waals surface area contributed by atoms with Gasteiger partial charge in [0, 0.05) is 33.8 Å². The van der Waals surface area contributed by atoms with Crippen molar-refractivity contribution in [3.8, 4) is 0 Å². The normalized spacial score (nSPS) is 10.6. The Labute approximate surface area is 140 Å². The molecule has 1 aromatic heterocycles. The summed E-state index contributed by atoms with van der Waals surface area (Å²) in [6.45, 7) is 5.71. The summed E-state index contributed by atoms with van der Waals surface area (Å²) in [4.78, 5) is 26.4. The van der Waals surface area contributed by atoms with Gasteiger partial charge < -0.3 is 10.4 Å². The zero-order valence-corrected chi connectivity index (χ0v) is 14.4. The van der Waals surface area contributed by atoms with Crippen molar-refractivity contribution >= 4 is 28.7 Å². The summed E-state index contributed by atoms with van der Waals surface area (Å²) in [5, 5.41) is 12.0. The Morgan fingerprint density at radius 3 is 2.48 bits per heavy atom. The van der Waals surface area contributed by atoms with E-state index in [-0.39, 0.29) is 31.1 Å². The Kier molecular flexibility index (Phi) is 5.69. The molecule has 2 rings (SSSR count). The number of thiophene rings is 1. The van der Waals surface area contributed by atoms with Gasteiger partial charge >= 0.3 is 0 Å². The van der Waals surface area contributed by atoms with Crippen LogP contribution in [0.1, 0.15) is 44.1 Å². The molecule has 1 heterocycles. The van der Waals surface area contributed by atoms with Crippen LogP contribution in [0.2, 0.25) is 0 Å². The van der Waals surface area contributed by atoms with Gasteiger partial charge in [0.05, 0.1) is 6.61 Å². The molecule has 1 amide bonds. The number of benzene rings is 1. The molecule has 4 nitrogen and oxygen atoms in total. The van der Waals surface area contributed by atoms with Crippen molar-refractivity contribution in [1.82, 2.24) is 0 Å². The maximum atomic E-state index is 12.2. The largest absolute Gasteiger partial charge is 0.392 e. The predicted molar refractivity (Wildman–Crippen MR) is 93.1 cm³/mol. The van der Waals surface area contributed by atoms with E-state index in [1.165, 1.54) is 0 Å². The molecule has 1 aromatic carbocycles. The molecule has 2 aromatic rings. The number of rotatable bonds is 6. The lowest BCUT2D eigenvalue weighted by Crippen LogP contribution is -2.14. The van der Waals surface area contributed by atoms with Crippen molar-refractivity contribution < 1.29 is 14.7 Å². The van der Waals surface area contributed by atoms with Gasteiger partial charge in [0.1, 0.15) is 0 Å². The molecular formula is C18H21NO3S. The van der Waals surface area contributed by atoms with Gasteiger partial charge in [0.2, 0.25) is 5.91 Å². The minimum absolute atomic E-state index is 0.00262. The minimum atomic E-state index is -0.193. The topological polar surface area (TPSA) is 66.4 Å². The number of aliphatic hydroxyl groups excluding tert-OH is 1. The van der Waals surface area contributed by atoms with E-state index in [4.69, 9.17) is 5.11 Å². The molecule has 0 aliphatic heterocycles. The number of aliphatic hydroxyl groups is 1. The van der Waals surface area contributed by atoms with Gasteiger partial charge in [-0.1, -0.05) is 12.1 Å². The van der Waals surface area contributed by atoms with Crippen molar-refractivity contribution in [3.05, 3.63) is 50.7 Å². The maximum Gasteiger partial charge on any atom is 0.224 e. The third-order valence-electron chi connectivity index (χ3n) is 3.68. The lowest BCUT2D eigenvalue weighted by atomic mass is 10.1. The highest BCUT2D eigenvalue weighted by atomic mass is 32.1. The van der Waals surface area contributed by atoms with Crippen molar-refractivity contribution in [2.45, 2.75) is 40.2 Å². The van der Waals surface area contributed by atoms with Crippen molar-refractivity contribution in [2.75, 3.05) is 5.32 Å². The van der Waals surface area contributed by atoms with Gasteiger partial charge in [-0.15, -0.1) is 11.3 Å². The molecule has 5 heteroatoms. The summed E-state index contributed by atoms with van der Waals surface area (Å²) in [5.41, 5.74) is 3.06. The number of aryl methyl sites for hydroxylation is 3. The SMILES string of the molecule is Cc1cc(C(=O)CCC(=O)Nc2cc(CO)ccc2C)c(C)s1. The molecule has 0 aliphatic rings. The number of hydrogen-bond acceptors (Lipinski definition) is 4. The number of carbonyl (C=O) groups excluding carboxylic acids is 2. The highest BCUT2D eigenvalue weighted by Gasteiger charge is 2.14. The average molecular weight is 331 g/mol. The molecule has 122 valence electrons. The summed E-state index contributed by atoms with van der Waals surface area (Å²) in [7, 11) is 0. The van der Waals surface area contributed by atoms with Crippen molar-refractivity contribution in [1.29, 1.82) is 0 Å². The summed E-state index contributed by atoms with van der Waals surface area (Å²) >= 11 is 1.60. The summed E-state index contributed by atoms with van der Waals surface area (Å²) in [6, 6.07) is 7.30. The second-order valence-electron chi connectivity index (χ2n) is 5.61. The van der Waals surface area contributed by atoms with Gasteiger partial charge in [0.15, 0.2) is 5.78 Å². The molecule has 23 heavy (non-hydrogen) atoms. The summed E-state index contributed by atoms with van der Waals surface area (Å²) in [6.07, 6.45) is 0.345. The monoisotopic (exact) mass is 331 g/mol. The molecular weight excluding hydrogens is 310 g/mol. The van der Waals surface area contributed by atoms with E-state index in [0.717, 1.165) is 26.4 Å². The molecule has 2 N–H and O–H groups in total. The van der Waals surface area contributed by atoms with E-state index in [1.54, 1.807) is 17.4 Å². The first kappa shape index (κ1) is 17.4. The maximum absolute atomic E-state index is 12.2. The van der Waals surface area contributed by atoms with Gasteiger partial charge in [-0.3, -0.25) is 9.59 Å². The molecule has 0 atom stereocenters. The Morgan fingerprint density at radius 2 is 1.87 bits per heavy atom. The Bertz CT molecular complexity index is 734. The van der Waals surface area contributed by atoms with E-state index in [9.17, 15) is 9.59 Å². The average Bonchev–Trinajstić information content (AvgIpc) is 2.85. The van der Waals surface area contributed by atoms with Crippen LogP contribution in [0.15, 0.2) is 24.3 Å². The number of anilines is 1. The zero-order chi connectivity index (χ0) is 17.0. The highest BCUT2D eigenvalue weighted by molar-refractivity contribution is 7.12. The first-order valence-corrected chi connectivity index (χ1v) is 8.33. The van der Waals surface area contributed by atoms with E-state index in [0.29, 0.717) is 5.69 Å². The fourth-order valence-corrected chi connectivity index (χ4v) is 3.33. The predicted octanol–water partition coefficient (Wildman–Crippen LogP) is 3.77. The quantitative estimate of drug-likeness (QED) is 0.792. The molecule has 0 spiro atoms. The number of Topliss-reactive ketones (excluding diaryl/α,β-unsaturated/α-hetero) is 1. The standard InChI is InChI=1S/C18H21NO3S/c1-11-4-5-14(10-20)9-16(11)19-18(22)7-6-17(21)15-8-12(2)23-13(15)3/h4-5,8-9,20H,6-7,10H2,1-3H3,(H,19,22). The van der Waals surface area contributed by atoms with Crippen LogP contribution >= 0.6 is 11.3 Å². The summed E-state index contributed by atoms with van der Waals surface area (Å²) in [5.74, 6) is -0.191. The van der Waals surface area contributed by atoms with E-state index >= 15 is 0 Å². The van der Waals surface area contributed by atoms with E-state index in [2.05, 4.69) is 5.32 Å². The van der Waals surface area contributed by atoms with Crippen LogP contribution in [0.25, 0.3) is 0 Å². The Balaban J connectivity index is 1.95. The molecule has 0 radical (unpaired) electrons. The van der Waals surface area contributed by atoms with E-state index in [1.807, 2.05) is 39.0 Å². The smallest absolute Gasteiger partial charge is 0.224 e. The van der Waals surface area contributed by atoms with Crippen LogP contribution < -0.4 is 5.32 Å². The summed E-state index contributed by atoms with van der Waals surface area (Å²) < 4.78 is 0. The number of amides is 1. The van der Waals surface area contributed by atoms with Crippen LogP contribution in [-0.2, 0) is 11.4 Å². The highest BCUT2D eigenvalue weighted by Crippen LogP contribution is 2.22. The second-order valence-corrected chi connectivity index (χ2v) is 7.07. The van der Waals surface area contributed by atoms with Crippen LogP contribution in [0.3, 0.4) is 0 Å². The number of carbonyl (C=O) groups is 2. The third kappa shape index (κ3) is 4.50. The van der Waals surface area contributed by atoms with Crippen LogP contribution in [0.4, 0.5) is 5.69 Å². The van der Waals surface area contributed by atoms with Crippen LogP contribution in [0.5, 0.6) is 0 Å². The van der Waals surface area contributed by atoms with Gasteiger partial charge in [0.25, 0.3) is 0 Å². The number of ketones is 1. The zero-order valence-electron chi connectivity index (χ0n) is 13.6. The molecule has 0 aliphatic carbocycles. The molecule has 0 unspecified atom stereocenters. The first-order valence-electron chi connectivity index (χ1n) is 7.51. The fourth-order valence-electron chi connectivity index (χ4n) is 2.38. The van der Waals surface area contributed by atoms with Crippen molar-refractivity contribution in [2.24, 2.45) is 0 Å². The van der Waals surface area contributed by atoms with Crippen molar-refractivity contribution in [3.63, 3.8) is 0 Å². The Hall–Kier alpha value is -1.98. The third-order valence-corrected chi connectivity index (χ3v) is 4.65. The lowest BCUT2D eigenvalue weighted by molar-refractivity contribution is -0.116. The second kappa shape index (κ2) is 7.53. The molecule has 0 saturated heterocycles. The van der Waals surface area contributed by atoms with Crippen LogP contribution in [-0.4, -0.2) is 16.8 Å². The van der Waals surface area contributed by atoms with Gasteiger partial charge in [-0.2, -0.15) is 0 Å². The molecule has 0 bridgehead atoms. The Morgan fingerprint density at radius 1 is 1.13 bits per heavy atom. The van der Waals surface area contributed by atoms with E-state index < -0.39 is 0 Å². The fraction of sp³-hybridized carbons (Fsp3) is 0.333. The molecule has 0 fully saturated rings. The lowest BCUT2D eigenvalue weighted by Gasteiger charge is -2.09. The minimum Gasteiger partial charge on any atom is -0.392 e. The molecule has 0 saturated carbocycles. The van der Waals surface area contributed by atoms with Gasteiger partial charge in [-0.25, -0.2) is 0 Å². The first-order chi connectivity index (χ1) is 10.9. The number of hydrogen-bond donors (Lipinski definition) is 2. The van der Waals surface area contributed by atoms with Crippen LogP contribution in [0, 0.1) is 20.8 Å². The number of nitrogens with one attached hydrogen (secondary N) is 1.